The Balaban J connectivity index is 1.86. The molecule has 0 saturated carbocycles. The third kappa shape index (κ3) is 3.95. The predicted octanol–water partition coefficient (Wildman–Crippen LogP) is 5.03. The number of ether oxygens (including phenoxy) is 2. The molecule has 0 unspecified atom stereocenters. The summed E-state index contributed by atoms with van der Waals surface area (Å²) in [5.74, 6) is 0.889. The molecular formula is C18H34O3Si. The Morgan fingerprint density at radius 3 is 2.64 bits per heavy atom. The molecule has 0 aromatic rings. The minimum Gasteiger partial charge on any atom is -0.490 e. The molecule has 0 amide bonds. The largest absolute Gasteiger partial charge is 0.490 e. The second-order valence-corrected chi connectivity index (χ2v) is 13.5. The van der Waals surface area contributed by atoms with E-state index in [0.29, 0.717) is 6.10 Å². The van der Waals surface area contributed by atoms with E-state index in [1.165, 1.54) is 0 Å². The Hall–Kier alpha value is -0.323. The summed E-state index contributed by atoms with van der Waals surface area (Å²) >= 11 is 0. The van der Waals surface area contributed by atoms with Crippen LogP contribution in [0.2, 0.25) is 18.1 Å². The molecule has 0 radical (unpaired) electrons. The minimum absolute atomic E-state index is 0.213. The van der Waals surface area contributed by atoms with Crippen LogP contribution < -0.4 is 0 Å². The molecule has 128 valence electrons. The third-order valence-electron chi connectivity index (χ3n) is 5.71. The summed E-state index contributed by atoms with van der Waals surface area (Å²) in [6, 6.07) is 0. The molecule has 0 aromatic carbocycles. The highest BCUT2D eigenvalue weighted by Gasteiger charge is 2.45. The van der Waals surface area contributed by atoms with E-state index in [-0.39, 0.29) is 16.7 Å². The number of fused-ring (bicyclic) bond motifs is 2. The summed E-state index contributed by atoms with van der Waals surface area (Å²) in [6.45, 7) is 18.5. The van der Waals surface area contributed by atoms with Crippen molar-refractivity contribution in [2.45, 2.75) is 95.7 Å². The van der Waals surface area contributed by atoms with Crippen molar-refractivity contribution in [2.24, 2.45) is 0 Å². The van der Waals surface area contributed by atoms with Crippen molar-refractivity contribution in [2.75, 3.05) is 6.61 Å². The second-order valence-electron chi connectivity index (χ2n) is 8.69. The molecule has 4 heteroatoms. The van der Waals surface area contributed by atoms with Crippen LogP contribution in [0.1, 0.15) is 59.8 Å². The lowest BCUT2D eigenvalue weighted by Crippen LogP contribution is -2.43. The van der Waals surface area contributed by atoms with Gasteiger partial charge in [0.15, 0.2) is 8.32 Å². The monoisotopic (exact) mass is 326 g/mol. The fourth-order valence-electron chi connectivity index (χ4n) is 3.18. The summed E-state index contributed by atoms with van der Waals surface area (Å²) in [7, 11) is -1.65. The first kappa shape index (κ1) is 18.0. The van der Waals surface area contributed by atoms with Crippen LogP contribution in [-0.4, -0.2) is 32.7 Å². The zero-order valence-electron chi connectivity index (χ0n) is 15.3. The number of hydrogen-bond acceptors (Lipinski definition) is 3. The van der Waals surface area contributed by atoms with Gasteiger partial charge in [-0.25, -0.2) is 0 Å². The fraction of sp³-hybridized carbons (Fsp3) is 0.889. The zero-order valence-corrected chi connectivity index (χ0v) is 16.3. The van der Waals surface area contributed by atoms with Gasteiger partial charge >= 0.3 is 0 Å². The lowest BCUT2D eigenvalue weighted by atomic mass is 9.90. The van der Waals surface area contributed by atoms with Gasteiger partial charge in [-0.15, -0.1) is 0 Å². The van der Waals surface area contributed by atoms with Gasteiger partial charge in [-0.2, -0.15) is 0 Å². The van der Waals surface area contributed by atoms with Gasteiger partial charge in [-0.05, 0) is 50.7 Å². The topological polar surface area (TPSA) is 27.7 Å². The van der Waals surface area contributed by atoms with Crippen molar-refractivity contribution in [1.82, 2.24) is 0 Å². The fourth-order valence-corrected chi connectivity index (χ4v) is 4.26. The standard InChI is InChI=1S/C18H34O3Si/c1-14-13-15-9-10-16(20-15)18(5,21-14)11-8-12-19-22(6,7)17(2,3)4/h15-16H,1,8-13H2,2-7H3/t15-,16+,18+/m0/s1. The maximum absolute atomic E-state index is 6.29. The molecule has 2 heterocycles. The predicted molar refractivity (Wildman–Crippen MR) is 93.5 cm³/mol. The van der Waals surface area contributed by atoms with Gasteiger partial charge in [-0.1, -0.05) is 27.4 Å². The normalized spacial score (nSPS) is 32.7. The van der Waals surface area contributed by atoms with Crippen molar-refractivity contribution in [3.05, 3.63) is 12.3 Å². The molecule has 3 atom stereocenters. The first-order valence-electron chi connectivity index (χ1n) is 8.70. The second kappa shape index (κ2) is 6.29. The Labute approximate surface area is 137 Å². The minimum atomic E-state index is -1.65. The molecule has 0 aliphatic carbocycles. The van der Waals surface area contributed by atoms with Gasteiger partial charge in [0.1, 0.15) is 5.60 Å². The summed E-state index contributed by atoms with van der Waals surface area (Å²) in [4.78, 5) is 0. The van der Waals surface area contributed by atoms with Crippen molar-refractivity contribution < 1.29 is 13.9 Å². The smallest absolute Gasteiger partial charge is 0.191 e. The summed E-state index contributed by atoms with van der Waals surface area (Å²) in [5.41, 5.74) is -0.237. The van der Waals surface area contributed by atoms with Crippen molar-refractivity contribution in [1.29, 1.82) is 0 Å². The Bertz CT molecular complexity index is 413. The maximum atomic E-state index is 6.29. The van der Waals surface area contributed by atoms with Crippen LogP contribution in [0.4, 0.5) is 0 Å². The molecule has 2 aliphatic heterocycles. The van der Waals surface area contributed by atoms with E-state index < -0.39 is 8.32 Å². The van der Waals surface area contributed by atoms with Gasteiger partial charge < -0.3 is 13.9 Å². The molecule has 22 heavy (non-hydrogen) atoms. The Kier molecular flexibility index (Phi) is 5.15. The van der Waals surface area contributed by atoms with Crippen LogP contribution in [0.5, 0.6) is 0 Å². The van der Waals surface area contributed by atoms with Crippen molar-refractivity contribution >= 4 is 8.32 Å². The van der Waals surface area contributed by atoms with Crippen LogP contribution in [0.15, 0.2) is 12.3 Å². The van der Waals surface area contributed by atoms with E-state index in [0.717, 1.165) is 44.5 Å². The van der Waals surface area contributed by atoms with Gasteiger partial charge in [0.2, 0.25) is 0 Å². The number of hydrogen-bond donors (Lipinski definition) is 0. The molecule has 0 spiro atoms. The van der Waals surface area contributed by atoms with Crippen LogP contribution >= 0.6 is 0 Å². The van der Waals surface area contributed by atoms with Gasteiger partial charge in [0, 0.05) is 13.0 Å². The van der Waals surface area contributed by atoms with Crippen LogP contribution in [0, 0.1) is 0 Å². The van der Waals surface area contributed by atoms with Crippen LogP contribution in [0.3, 0.4) is 0 Å². The summed E-state index contributed by atoms with van der Waals surface area (Å²) < 4.78 is 18.6. The lowest BCUT2D eigenvalue weighted by Gasteiger charge is -2.37. The van der Waals surface area contributed by atoms with Crippen LogP contribution in [-0.2, 0) is 13.9 Å². The van der Waals surface area contributed by atoms with E-state index in [1.54, 1.807) is 0 Å². The molecule has 2 bridgehead atoms. The van der Waals surface area contributed by atoms with Gasteiger partial charge in [0.25, 0.3) is 0 Å². The molecule has 0 aromatic heterocycles. The molecule has 2 aliphatic rings. The maximum Gasteiger partial charge on any atom is 0.191 e. The average Bonchev–Trinajstić information content (AvgIpc) is 2.77. The molecular weight excluding hydrogens is 292 g/mol. The number of rotatable bonds is 5. The molecule has 2 rings (SSSR count). The van der Waals surface area contributed by atoms with Crippen LogP contribution in [0.25, 0.3) is 0 Å². The highest BCUT2D eigenvalue weighted by molar-refractivity contribution is 6.74. The van der Waals surface area contributed by atoms with Crippen molar-refractivity contribution in [3.8, 4) is 0 Å². The van der Waals surface area contributed by atoms with E-state index in [9.17, 15) is 0 Å². The average molecular weight is 327 g/mol. The highest BCUT2D eigenvalue weighted by Crippen LogP contribution is 2.41. The zero-order chi connectivity index (χ0) is 16.6. The van der Waals surface area contributed by atoms with E-state index >= 15 is 0 Å². The molecule has 2 saturated heterocycles. The highest BCUT2D eigenvalue weighted by atomic mass is 28.4. The third-order valence-corrected chi connectivity index (χ3v) is 10.2. The molecule has 2 fully saturated rings. The summed E-state index contributed by atoms with van der Waals surface area (Å²) in [5, 5.41) is 0.270. The SMILES string of the molecule is C=C1C[C@@H]2CC[C@@H](O2)[C@@](C)(CCCO[Si](C)(C)C(C)(C)C)O1. The van der Waals surface area contributed by atoms with Crippen molar-refractivity contribution in [3.63, 3.8) is 0 Å². The van der Waals surface area contributed by atoms with Gasteiger partial charge in [0.05, 0.1) is 18.0 Å². The first-order valence-corrected chi connectivity index (χ1v) is 11.6. The van der Waals surface area contributed by atoms with Gasteiger partial charge in [-0.3, -0.25) is 0 Å². The summed E-state index contributed by atoms with van der Waals surface area (Å²) in [6.07, 6.45) is 5.62. The Morgan fingerprint density at radius 2 is 2.00 bits per heavy atom. The van der Waals surface area contributed by atoms with E-state index in [1.807, 2.05) is 0 Å². The van der Waals surface area contributed by atoms with E-state index in [2.05, 4.69) is 47.4 Å². The quantitative estimate of drug-likeness (QED) is 0.524. The molecule has 3 nitrogen and oxygen atoms in total. The van der Waals surface area contributed by atoms with E-state index in [4.69, 9.17) is 13.9 Å². The Morgan fingerprint density at radius 1 is 1.32 bits per heavy atom. The first-order chi connectivity index (χ1) is 10.0. The lowest BCUT2D eigenvalue weighted by molar-refractivity contribution is -0.0875. The molecule has 0 N–H and O–H groups in total.